The molecule has 0 spiro atoms. The molecule has 1 unspecified atom stereocenters. The zero-order valence-electron chi connectivity index (χ0n) is 15.5. The highest BCUT2D eigenvalue weighted by molar-refractivity contribution is 7.80. The van der Waals surface area contributed by atoms with Gasteiger partial charge in [0.25, 0.3) is 0 Å². The molecule has 0 aromatic heterocycles. The number of rotatable bonds is 12. The number of hydrogen-bond donors (Lipinski definition) is 2. The smallest absolute Gasteiger partial charge is 0.222 e. The van der Waals surface area contributed by atoms with Crippen molar-refractivity contribution in [2.75, 3.05) is 71.4 Å². The van der Waals surface area contributed by atoms with Crippen molar-refractivity contribution in [2.24, 2.45) is 5.92 Å². The molecule has 1 aliphatic rings. The zero-order chi connectivity index (χ0) is 17.8. The lowest BCUT2D eigenvalue weighted by Gasteiger charge is -2.37. The summed E-state index contributed by atoms with van der Waals surface area (Å²) in [7, 11) is 0. The lowest BCUT2D eigenvalue weighted by atomic mass is 10.2. The molecule has 24 heavy (non-hydrogen) atoms. The van der Waals surface area contributed by atoms with Crippen molar-refractivity contribution in [1.82, 2.24) is 15.1 Å². The highest BCUT2D eigenvalue weighted by Gasteiger charge is 2.19. The van der Waals surface area contributed by atoms with Crippen LogP contribution in [0.5, 0.6) is 0 Å². The maximum atomic E-state index is 11.3. The Bertz CT molecular complexity index is 337. The number of hydrogen-bond acceptors (Lipinski definition) is 6. The minimum atomic E-state index is 0.0244. The molecular formula is C17H35N3O3S. The van der Waals surface area contributed by atoms with Gasteiger partial charge in [0, 0.05) is 57.0 Å². The van der Waals surface area contributed by atoms with E-state index in [1.807, 2.05) is 13.8 Å². The summed E-state index contributed by atoms with van der Waals surface area (Å²) >= 11 is 4.37. The lowest BCUT2D eigenvalue weighted by molar-refractivity contribution is -0.124. The first-order valence-corrected chi connectivity index (χ1v) is 9.68. The van der Waals surface area contributed by atoms with Crippen molar-refractivity contribution in [3.8, 4) is 0 Å². The average Bonchev–Trinajstić information content (AvgIpc) is 2.59. The van der Waals surface area contributed by atoms with Gasteiger partial charge in [-0.05, 0) is 6.92 Å². The summed E-state index contributed by atoms with van der Waals surface area (Å²) in [5, 5.41) is 2.82. The Morgan fingerprint density at radius 1 is 1.04 bits per heavy atom. The van der Waals surface area contributed by atoms with Crippen LogP contribution in [0.1, 0.15) is 20.8 Å². The van der Waals surface area contributed by atoms with Gasteiger partial charge in [0.05, 0.1) is 26.4 Å². The summed E-state index contributed by atoms with van der Waals surface area (Å²) in [5.41, 5.74) is 0. The fourth-order valence-corrected chi connectivity index (χ4v) is 2.74. The van der Waals surface area contributed by atoms with Crippen LogP contribution in [0.15, 0.2) is 0 Å². The third kappa shape index (κ3) is 9.22. The van der Waals surface area contributed by atoms with E-state index >= 15 is 0 Å². The van der Waals surface area contributed by atoms with Crippen molar-refractivity contribution < 1.29 is 14.3 Å². The summed E-state index contributed by atoms with van der Waals surface area (Å²) in [6.07, 6.45) is 0. The topological polar surface area (TPSA) is 54.0 Å². The van der Waals surface area contributed by atoms with E-state index in [1.54, 1.807) is 0 Å². The van der Waals surface area contributed by atoms with E-state index in [1.165, 1.54) is 0 Å². The molecule has 1 amide bonds. The Hall–Kier alpha value is -0.340. The largest absolute Gasteiger partial charge is 0.378 e. The molecule has 1 fully saturated rings. The maximum Gasteiger partial charge on any atom is 0.222 e. The van der Waals surface area contributed by atoms with Crippen LogP contribution >= 0.6 is 12.6 Å². The van der Waals surface area contributed by atoms with Crippen LogP contribution in [0.4, 0.5) is 0 Å². The van der Waals surface area contributed by atoms with E-state index in [2.05, 4.69) is 34.7 Å². The first-order chi connectivity index (χ1) is 11.5. The molecule has 0 bridgehead atoms. The fraction of sp³-hybridized carbons (Fsp3) is 0.941. The third-order valence-electron chi connectivity index (χ3n) is 4.29. The molecule has 7 heteroatoms. The highest BCUT2D eigenvalue weighted by Crippen LogP contribution is 2.07. The van der Waals surface area contributed by atoms with Gasteiger partial charge >= 0.3 is 0 Å². The molecule has 1 N–H and O–H groups in total. The van der Waals surface area contributed by atoms with Crippen molar-refractivity contribution >= 4 is 18.5 Å². The van der Waals surface area contributed by atoms with Crippen molar-refractivity contribution in [3.63, 3.8) is 0 Å². The molecule has 6 nitrogen and oxygen atoms in total. The summed E-state index contributed by atoms with van der Waals surface area (Å²) < 4.78 is 11.1. The number of piperazine rings is 1. The van der Waals surface area contributed by atoms with Gasteiger partial charge in [-0.3, -0.25) is 14.6 Å². The summed E-state index contributed by atoms with van der Waals surface area (Å²) in [6, 6.07) is 0.564. The van der Waals surface area contributed by atoms with Crippen LogP contribution in [0.2, 0.25) is 0 Å². The fourth-order valence-electron chi connectivity index (χ4n) is 2.51. The van der Waals surface area contributed by atoms with Gasteiger partial charge in [-0.2, -0.15) is 12.6 Å². The molecule has 1 aliphatic heterocycles. The Morgan fingerprint density at radius 2 is 1.67 bits per heavy atom. The Kier molecular flexibility index (Phi) is 11.7. The second-order valence-electron chi connectivity index (χ2n) is 6.58. The molecule has 0 aromatic carbocycles. The summed E-state index contributed by atoms with van der Waals surface area (Å²) in [6.45, 7) is 14.4. The highest BCUT2D eigenvalue weighted by atomic mass is 32.1. The van der Waals surface area contributed by atoms with Gasteiger partial charge < -0.3 is 14.8 Å². The number of thiol groups is 1. The van der Waals surface area contributed by atoms with Crippen LogP contribution in [0.3, 0.4) is 0 Å². The van der Waals surface area contributed by atoms with E-state index in [9.17, 15) is 4.79 Å². The minimum absolute atomic E-state index is 0.0244. The molecule has 0 radical (unpaired) electrons. The normalized spacial score (nSPS) is 18.0. The lowest BCUT2D eigenvalue weighted by Crippen LogP contribution is -2.50. The quantitative estimate of drug-likeness (QED) is 0.396. The Balaban J connectivity index is 1.88. The number of carbonyl (C=O) groups excluding carboxylic acids is 1. The second kappa shape index (κ2) is 12.9. The molecular weight excluding hydrogens is 326 g/mol. The van der Waals surface area contributed by atoms with Gasteiger partial charge in [-0.15, -0.1) is 0 Å². The van der Waals surface area contributed by atoms with Crippen LogP contribution < -0.4 is 5.32 Å². The second-order valence-corrected chi connectivity index (χ2v) is 6.94. The molecule has 0 saturated carbocycles. The van der Waals surface area contributed by atoms with Crippen LogP contribution in [-0.2, 0) is 14.3 Å². The standard InChI is InChI=1S/C17H35N3O3S/c1-15(2)17(21)18-4-10-22-12-13-23-11-9-19-5-7-20(8-6-19)16(3)14-24/h15-16,24H,4-14H2,1-3H3,(H,18,21). The van der Waals surface area contributed by atoms with Crippen LogP contribution in [-0.4, -0.2) is 93.2 Å². The molecule has 1 heterocycles. The Labute approximate surface area is 152 Å². The predicted molar refractivity (Wildman–Crippen MR) is 101 cm³/mol. The van der Waals surface area contributed by atoms with E-state index < -0.39 is 0 Å². The molecule has 0 aromatic rings. The molecule has 1 saturated heterocycles. The monoisotopic (exact) mass is 361 g/mol. The third-order valence-corrected chi connectivity index (χ3v) is 4.82. The average molecular weight is 362 g/mol. The number of nitrogens with one attached hydrogen (secondary N) is 1. The van der Waals surface area contributed by atoms with Gasteiger partial charge in [-0.25, -0.2) is 0 Å². The van der Waals surface area contributed by atoms with Crippen molar-refractivity contribution in [2.45, 2.75) is 26.8 Å². The van der Waals surface area contributed by atoms with Gasteiger partial charge in [0.15, 0.2) is 0 Å². The SMILES string of the molecule is CC(C)C(=O)NCCOCCOCCN1CCN(C(C)CS)CC1. The predicted octanol–water partition coefficient (Wildman–Crippen LogP) is 0.728. The van der Waals surface area contributed by atoms with E-state index in [0.29, 0.717) is 32.4 Å². The summed E-state index contributed by atoms with van der Waals surface area (Å²) in [5.74, 6) is 1.01. The van der Waals surface area contributed by atoms with Gasteiger partial charge in [0.1, 0.15) is 0 Å². The van der Waals surface area contributed by atoms with Crippen LogP contribution in [0.25, 0.3) is 0 Å². The molecule has 142 valence electrons. The number of amides is 1. The number of ether oxygens (including phenoxy) is 2. The number of nitrogens with zero attached hydrogens (tertiary/aromatic N) is 2. The number of carbonyl (C=O) groups is 1. The molecule has 1 atom stereocenters. The summed E-state index contributed by atoms with van der Waals surface area (Å²) in [4.78, 5) is 16.3. The molecule has 1 rings (SSSR count). The Morgan fingerprint density at radius 3 is 2.25 bits per heavy atom. The molecule has 0 aliphatic carbocycles. The maximum absolute atomic E-state index is 11.3. The minimum Gasteiger partial charge on any atom is -0.378 e. The van der Waals surface area contributed by atoms with Crippen LogP contribution in [0, 0.1) is 5.92 Å². The van der Waals surface area contributed by atoms with Gasteiger partial charge in [0.2, 0.25) is 5.91 Å². The van der Waals surface area contributed by atoms with E-state index in [-0.39, 0.29) is 11.8 Å². The van der Waals surface area contributed by atoms with Crippen molar-refractivity contribution in [1.29, 1.82) is 0 Å². The zero-order valence-corrected chi connectivity index (χ0v) is 16.4. The first kappa shape index (κ1) is 21.7. The van der Waals surface area contributed by atoms with Gasteiger partial charge in [-0.1, -0.05) is 13.8 Å². The van der Waals surface area contributed by atoms with Crippen molar-refractivity contribution in [3.05, 3.63) is 0 Å². The van der Waals surface area contributed by atoms with E-state index in [4.69, 9.17) is 9.47 Å². The van der Waals surface area contributed by atoms with E-state index in [0.717, 1.165) is 45.1 Å². The first-order valence-electron chi connectivity index (χ1n) is 9.05.